The van der Waals surface area contributed by atoms with E-state index >= 15 is 0 Å². The first-order valence-electron chi connectivity index (χ1n) is 10.4. The molecule has 1 fully saturated rings. The number of ether oxygens (including phenoxy) is 1. The molecule has 1 saturated heterocycles. The van der Waals surface area contributed by atoms with Crippen molar-refractivity contribution >= 4 is 28.9 Å². The van der Waals surface area contributed by atoms with Gasteiger partial charge in [0.15, 0.2) is 5.69 Å². The van der Waals surface area contributed by atoms with Crippen molar-refractivity contribution in [2.45, 2.75) is 19.3 Å². The second-order valence-corrected chi connectivity index (χ2v) is 8.17. The maximum Gasteiger partial charge on any atom is 0.276 e. The molecule has 2 aliphatic rings. The number of nitrogens with one attached hydrogen (secondary N) is 1. The van der Waals surface area contributed by atoms with Gasteiger partial charge in [0.2, 0.25) is 0 Å². The molecule has 1 aliphatic carbocycles. The molecule has 3 aromatic rings. The average Bonchev–Trinajstić information content (AvgIpc) is 3.38. The van der Waals surface area contributed by atoms with Crippen LogP contribution >= 0.6 is 11.6 Å². The lowest BCUT2D eigenvalue weighted by Crippen LogP contribution is -2.36. The Morgan fingerprint density at radius 2 is 1.87 bits per heavy atom. The Kier molecular flexibility index (Phi) is 5.38. The fourth-order valence-electron chi connectivity index (χ4n) is 4.29. The molecule has 0 saturated carbocycles. The maximum absolute atomic E-state index is 13.4. The van der Waals surface area contributed by atoms with Crippen molar-refractivity contribution in [1.82, 2.24) is 9.78 Å². The lowest BCUT2D eigenvalue weighted by atomic mass is 10.1. The number of nitrogens with zero attached hydrogens (tertiary/aromatic N) is 3. The second kappa shape index (κ2) is 8.32. The minimum Gasteiger partial charge on any atom is -0.378 e. The first-order chi connectivity index (χ1) is 15.1. The summed E-state index contributed by atoms with van der Waals surface area (Å²) in [6.07, 6.45) is 2.60. The Balaban J connectivity index is 1.47. The molecule has 0 unspecified atom stereocenters. The highest BCUT2D eigenvalue weighted by Gasteiger charge is 2.28. The predicted molar refractivity (Wildman–Crippen MR) is 118 cm³/mol. The standard InChI is InChI=1S/C23H22ClFN4O2/c24-15-4-9-21(28-10-12-31-13-11-28)19(14-15)26-23(30)22-18-2-1-3-20(18)29(27-22)17-7-5-16(25)6-8-17/h4-9,14H,1-3,10-13H2,(H,26,30). The Labute approximate surface area is 184 Å². The van der Waals surface area contributed by atoms with Crippen LogP contribution in [0.15, 0.2) is 42.5 Å². The van der Waals surface area contributed by atoms with Gasteiger partial charge >= 0.3 is 0 Å². The van der Waals surface area contributed by atoms with Gasteiger partial charge in [0.25, 0.3) is 5.91 Å². The lowest BCUT2D eigenvalue weighted by Gasteiger charge is -2.30. The van der Waals surface area contributed by atoms with E-state index in [0.29, 0.717) is 29.6 Å². The number of halogens is 2. The van der Waals surface area contributed by atoms with Gasteiger partial charge in [-0.05, 0) is 61.7 Å². The minimum absolute atomic E-state index is 0.268. The Morgan fingerprint density at radius 1 is 1.10 bits per heavy atom. The molecule has 1 aromatic heterocycles. The highest BCUT2D eigenvalue weighted by atomic mass is 35.5. The monoisotopic (exact) mass is 440 g/mol. The van der Waals surface area contributed by atoms with Crippen molar-refractivity contribution in [3.63, 3.8) is 0 Å². The van der Waals surface area contributed by atoms with Gasteiger partial charge in [-0.1, -0.05) is 11.6 Å². The van der Waals surface area contributed by atoms with Gasteiger partial charge in [-0.25, -0.2) is 9.07 Å². The van der Waals surface area contributed by atoms with Crippen molar-refractivity contribution in [3.05, 3.63) is 70.3 Å². The molecule has 0 spiro atoms. The number of carbonyl (C=O) groups is 1. The number of aromatic nitrogens is 2. The number of hydrogen-bond donors (Lipinski definition) is 1. The van der Waals surface area contributed by atoms with Crippen LogP contribution < -0.4 is 10.2 Å². The molecule has 8 heteroatoms. The zero-order valence-electron chi connectivity index (χ0n) is 16.9. The van der Waals surface area contributed by atoms with Crippen LogP contribution in [0.3, 0.4) is 0 Å². The summed E-state index contributed by atoms with van der Waals surface area (Å²) in [6, 6.07) is 11.7. The molecule has 2 heterocycles. The van der Waals surface area contributed by atoms with Crippen LogP contribution in [0.25, 0.3) is 5.69 Å². The first-order valence-corrected chi connectivity index (χ1v) is 10.8. The Bertz CT molecular complexity index is 1120. The van der Waals surface area contributed by atoms with Crippen LogP contribution in [0.1, 0.15) is 28.2 Å². The Hall–Kier alpha value is -2.90. The summed E-state index contributed by atoms with van der Waals surface area (Å²) >= 11 is 6.23. The van der Waals surface area contributed by atoms with Crippen molar-refractivity contribution in [3.8, 4) is 5.69 Å². The molecule has 0 radical (unpaired) electrons. The van der Waals surface area contributed by atoms with Gasteiger partial charge < -0.3 is 15.0 Å². The zero-order valence-corrected chi connectivity index (χ0v) is 17.7. The van der Waals surface area contributed by atoms with E-state index in [-0.39, 0.29) is 11.7 Å². The van der Waals surface area contributed by atoms with Gasteiger partial charge in [-0.2, -0.15) is 5.10 Å². The third-order valence-corrected chi connectivity index (χ3v) is 6.01. The summed E-state index contributed by atoms with van der Waals surface area (Å²) in [5.41, 5.74) is 4.69. The average molecular weight is 441 g/mol. The summed E-state index contributed by atoms with van der Waals surface area (Å²) in [6.45, 7) is 2.79. The molecule has 31 heavy (non-hydrogen) atoms. The lowest BCUT2D eigenvalue weighted by molar-refractivity contribution is 0.102. The molecule has 5 rings (SSSR count). The summed E-state index contributed by atoms with van der Waals surface area (Å²) < 4.78 is 20.6. The van der Waals surface area contributed by atoms with Gasteiger partial charge in [0.1, 0.15) is 5.82 Å². The van der Waals surface area contributed by atoms with Crippen molar-refractivity contribution < 1.29 is 13.9 Å². The second-order valence-electron chi connectivity index (χ2n) is 7.73. The van der Waals surface area contributed by atoms with Crippen LogP contribution in [0.5, 0.6) is 0 Å². The molecule has 0 bridgehead atoms. The molecule has 0 atom stereocenters. The van der Waals surface area contributed by atoms with Crippen LogP contribution in [0.4, 0.5) is 15.8 Å². The van der Waals surface area contributed by atoms with E-state index in [1.807, 2.05) is 12.1 Å². The largest absolute Gasteiger partial charge is 0.378 e. The summed E-state index contributed by atoms with van der Waals surface area (Å²) in [5, 5.41) is 8.19. The first kappa shape index (κ1) is 20.0. The number of rotatable bonds is 4. The Morgan fingerprint density at radius 3 is 2.65 bits per heavy atom. The zero-order chi connectivity index (χ0) is 21.4. The summed E-state index contributed by atoms with van der Waals surface area (Å²) in [4.78, 5) is 15.5. The number of hydrogen-bond acceptors (Lipinski definition) is 4. The predicted octanol–water partition coefficient (Wildman–Crippen LogP) is 4.24. The number of morpholine rings is 1. The van der Waals surface area contributed by atoms with E-state index in [0.717, 1.165) is 55.0 Å². The van der Waals surface area contributed by atoms with Crippen molar-refractivity contribution in [2.24, 2.45) is 0 Å². The van der Waals surface area contributed by atoms with E-state index in [4.69, 9.17) is 16.3 Å². The SMILES string of the molecule is O=C(Nc1cc(Cl)ccc1N1CCOCC1)c1nn(-c2ccc(F)cc2)c2c1CCC2. The number of anilines is 2. The molecule has 1 amide bonds. The fourth-order valence-corrected chi connectivity index (χ4v) is 4.46. The summed E-state index contributed by atoms with van der Waals surface area (Å²) in [7, 11) is 0. The highest BCUT2D eigenvalue weighted by molar-refractivity contribution is 6.31. The molecule has 160 valence electrons. The molecule has 6 nitrogen and oxygen atoms in total. The molecule has 1 aliphatic heterocycles. The molecular formula is C23H22ClFN4O2. The van der Waals surface area contributed by atoms with Gasteiger partial charge in [0, 0.05) is 29.4 Å². The van der Waals surface area contributed by atoms with E-state index in [1.54, 1.807) is 22.9 Å². The van der Waals surface area contributed by atoms with E-state index < -0.39 is 0 Å². The third-order valence-electron chi connectivity index (χ3n) is 5.78. The van der Waals surface area contributed by atoms with Crippen molar-refractivity contribution in [1.29, 1.82) is 0 Å². The number of carbonyl (C=O) groups excluding carboxylic acids is 1. The topological polar surface area (TPSA) is 59.4 Å². The van der Waals surface area contributed by atoms with E-state index in [9.17, 15) is 9.18 Å². The van der Waals surface area contributed by atoms with E-state index in [2.05, 4.69) is 15.3 Å². The normalized spacial score (nSPS) is 15.7. The highest BCUT2D eigenvalue weighted by Crippen LogP contribution is 2.32. The molecular weight excluding hydrogens is 419 g/mol. The molecule has 2 aromatic carbocycles. The van der Waals surface area contributed by atoms with Crippen molar-refractivity contribution in [2.75, 3.05) is 36.5 Å². The summed E-state index contributed by atoms with van der Waals surface area (Å²) in [5.74, 6) is -0.571. The quantitative estimate of drug-likeness (QED) is 0.659. The number of fused-ring (bicyclic) bond motifs is 1. The fraction of sp³-hybridized carbons (Fsp3) is 0.304. The number of benzene rings is 2. The third kappa shape index (κ3) is 3.91. The van der Waals surface area contributed by atoms with Crippen LogP contribution in [-0.2, 0) is 17.6 Å². The van der Waals surface area contributed by atoms with Gasteiger partial charge in [-0.15, -0.1) is 0 Å². The van der Waals surface area contributed by atoms with Gasteiger partial charge in [-0.3, -0.25) is 4.79 Å². The van der Waals surface area contributed by atoms with Crippen LogP contribution in [0.2, 0.25) is 5.02 Å². The molecule has 1 N–H and O–H groups in total. The van der Waals surface area contributed by atoms with E-state index in [1.165, 1.54) is 12.1 Å². The van der Waals surface area contributed by atoms with Crippen LogP contribution in [0, 0.1) is 5.82 Å². The maximum atomic E-state index is 13.4. The smallest absolute Gasteiger partial charge is 0.276 e. The van der Waals surface area contributed by atoms with Gasteiger partial charge in [0.05, 0.1) is 30.3 Å². The minimum atomic E-state index is -0.304. The number of amides is 1. The van der Waals surface area contributed by atoms with Crippen LogP contribution in [-0.4, -0.2) is 42.0 Å².